The predicted octanol–water partition coefficient (Wildman–Crippen LogP) is 1.86. The molecule has 0 spiro atoms. The Hall–Kier alpha value is -3.42. The minimum atomic E-state index is -0.545. The van der Waals surface area contributed by atoms with Gasteiger partial charge in [0, 0.05) is 39.3 Å². The lowest BCUT2D eigenvalue weighted by Gasteiger charge is -2.44. The molecule has 0 saturated carbocycles. The first-order valence-corrected chi connectivity index (χ1v) is 9.61. The van der Waals surface area contributed by atoms with Crippen molar-refractivity contribution in [3.8, 4) is 0 Å². The van der Waals surface area contributed by atoms with Crippen molar-refractivity contribution in [2.24, 2.45) is 7.05 Å². The van der Waals surface area contributed by atoms with Crippen LogP contribution < -0.4 is 0 Å². The number of carbonyl (C=O) groups excluding carboxylic acids is 2. The average Bonchev–Trinajstić information content (AvgIpc) is 3.27. The van der Waals surface area contributed by atoms with Gasteiger partial charge >= 0.3 is 6.09 Å². The number of hydrogen-bond donors (Lipinski definition) is 0. The lowest BCUT2D eigenvalue weighted by molar-refractivity contribution is 0.0375. The molecule has 0 bridgehead atoms. The third-order valence-corrected chi connectivity index (χ3v) is 5.85. The van der Waals surface area contributed by atoms with Gasteiger partial charge in [0.2, 0.25) is 0 Å². The molecule has 148 valence electrons. The normalized spacial score (nSPS) is 21.3. The number of pyridine rings is 1. The molecule has 1 atom stereocenters. The van der Waals surface area contributed by atoms with Crippen molar-refractivity contribution >= 4 is 23.0 Å². The molecule has 2 fully saturated rings. The summed E-state index contributed by atoms with van der Waals surface area (Å²) in [6, 6.07) is 11.8. The second-order valence-electron chi connectivity index (χ2n) is 7.72. The Morgan fingerprint density at radius 3 is 2.86 bits per heavy atom. The number of aromatic nitrogens is 3. The lowest BCUT2D eigenvalue weighted by atomic mass is 9.88. The van der Waals surface area contributed by atoms with Gasteiger partial charge in [-0.15, -0.1) is 0 Å². The number of hydrogen-bond acceptors (Lipinski definition) is 5. The predicted molar refractivity (Wildman–Crippen MR) is 105 cm³/mol. The fourth-order valence-corrected chi connectivity index (χ4v) is 4.34. The van der Waals surface area contributed by atoms with Crippen LogP contribution in [0.1, 0.15) is 15.9 Å². The Bertz CT molecular complexity index is 1100. The van der Waals surface area contributed by atoms with Crippen LogP contribution in [-0.4, -0.2) is 68.3 Å². The average molecular weight is 391 g/mol. The molecule has 2 saturated heterocycles. The topological polar surface area (TPSA) is 80.6 Å². The molecule has 2 amide bonds. The molecule has 1 unspecified atom stereocenters. The van der Waals surface area contributed by atoms with E-state index in [0.717, 1.165) is 16.6 Å². The first-order chi connectivity index (χ1) is 14.1. The number of cyclic esters (lactones) is 1. The monoisotopic (exact) mass is 391 g/mol. The second kappa shape index (κ2) is 6.58. The van der Waals surface area contributed by atoms with Gasteiger partial charge in [-0.3, -0.25) is 19.4 Å². The van der Waals surface area contributed by atoms with Crippen molar-refractivity contribution in [3.63, 3.8) is 0 Å². The maximum atomic E-state index is 13.3. The Balaban J connectivity index is 1.44. The number of benzene rings is 1. The fourth-order valence-electron chi connectivity index (χ4n) is 4.34. The van der Waals surface area contributed by atoms with Crippen LogP contribution in [0.3, 0.4) is 0 Å². The Kier molecular flexibility index (Phi) is 4.01. The van der Waals surface area contributed by atoms with Gasteiger partial charge < -0.3 is 9.64 Å². The van der Waals surface area contributed by atoms with Crippen molar-refractivity contribution in [2.75, 3.05) is 26.2 Å². The van der Waals surface area contributed by atoms with Crippen LogP contribution in [0.4, 0.5) is 4.79 Å². The molecule has 8 heteroatoms. The molecule has 0 radical (unpaired) electrons. The van der Waals surface area contributed by atoms with Gasteiger partial charge in [-0.1, -0.05) is 30.3 Å². The molecule has 1 aromatic carbocycles. The van der Waals surface area contributed by atoms with E-state index >= 15 is 0 Å². The van der Waals surface area contributed by atoms with Crippen LogP contribution >= 0.6 is 0 Å². The Morgan fingerprint density at radius 2 is 2.03 bits per heavy atom. The number of ether oxygens (including phenoxy) is 1. The summed E-state index contributed by atoms with van der Waals surface area (Å²) >= 11 is 0. The summed E-state index contributed by atoms with van der Waals surface area (Å²) in [6.07, 6.45) is 3.62. The van der Waals surface area contributed by atoms with Gasteiger partial charge in [0.15, 0.2) is 0 Å². The van der Waals surface area contributed by atoms with Crippen molar-refractivity contribution in [2.45, 2.75) is 12.0 Å². The van der Waals surface area contributed by atoms with E-state index in [-0.39, 0.29) is 18.6 Å². The summed E-state index contributed by atoms with van der Waals surface area (Å²) in [7, 11) is 1.83. The van der Waals surface area contributed by atoms with Crippen LogP contribution in [0.15, 0.2) is 48.8 Å². The number of rotatable bonds is 3. The molecule has 5 rings (SSSR count). The minimum Gasteiger partial charge on any atom is -0.447 e. The van der Waals surface area contributed by atoms with Crippen LogP contribution in [0.25, 0.3) is 11.0 Å². The molecule has 29 heavy (non-hydrogen) atoms. The molecular formula is C21H21N5O3. The smallest absolute Gasteiger partial charge is 0.410 e. The highest BCUT2D eigenvalue weighted by atomic mass is 16.6. The maximum absolute atomic E-state index is 13.3. The molecule has 3 aromatic rings. The molecule has 8 nitrogen and oxygen atoms in total. The molecule has 0 aliphatic carbocycles. The highest BCUT2D eigenvalue weighted by molar-refractivity contribution is 5.97. The first kappa shape index (κ1) is 17.7. The number of fused-ring (bicyclic) bond motifs is 2. The van der Waals surface area contributed by atoms with E-state index in [1.807, 2.05) is 43.4 Å². The van der Waals surface area contributed by atoms with Crippen molar-refractivity contribution < 1.29 is 14.3 Å². The second-order valence-corrected chi connectivity index (χ2v) is 7.72. The van der Waals surface area contributed by atoms with Gasteiger partial charge in [0.1, 0.15) is 17.7 Å². The van der Waals surface area contributed by atoms with Crippen LogP contribution in [0, 0.1) is 0 Å². The Morgan fingerprint density at radius 1 is 1.21 bits per heavy atom. The van der Waals surface area contributed by atoms with Crippen molar-refractivity contribution in [3.05, 3.63) is 59.9 Å². The largest absolute Gasteiger partial charge is 0.447 e. The Labute approximate surface area is 167 Å². The van der Waals surface area contributed by atoms with Crippen LogP contribution in [-0.2, 0) is 18.2 Å². The van der Waals surface area contributed by atoms with Crippen LogP contribution in [0.2, 0.25) is 0 Å². The molecule has 2 aromatic heterocycles. The number of piperazine rings is 1. The highest BCUT2D eigenvalue weighted by Gasteiger charge is 2.51. The quantitative estimate of drug-likeness (QED) is 0.681. The molecule has 4 heterocycles. The van der Waals surface area contributed by atoms with Crippen LogP contribution in [0.5, 0.6) is 0 Å². The summed E-state index contributed by atoms with van der Waals surface area (Å²) in [5.41, 5.74) is 2.66. The van der Waals surface area contributed by atoms with E-state index < -0.39 is 5.54 Å². The van der Waals surface area contributed by atoms with E-state index in [9.17, 15) is 9.59 Å². The lowest BCUT2D eigenvalue weighted by Crippen LogP contribution is -2.63. The zero-order valence-corrected chi connectivity index (χ0v) is 16.1. The first-order valence-electron chi connectivity index (χ1n) is 9.61. The van der Waals surface area contributed by atoms with Gasteiger partial charge in [0.25, 0.3) is 5.91 Å². The minimum absolute atomic E-state index is 0.0907. The van der Waals surface area contributed by atoms with E-state index in [2.05, 4.69) is 10.1 Å². The summed E-state index contributed by atoms with van der Waals surface area (Å²) in [5.74, 6) is -0.0907. The number of carbonyl (C=O) groups is 2. The number of aryl methyl sites for hydroxylation is 1. The summed E-state index contributed by atoms with van der Waals surface area (Å²) in [5, 5.41) is 4.19. The van der Waals surface area contributed by atoms with Gasteiger partial charge in [-0.05, 0) is 11.6 Å². The highest BCUT2D eigenvalue weighted by Crippen LogP contribution is 2.33. The van der Waals surface area contributed by atoms with Gasteiger partial charge in [-0.25, -0.2) is 4.79 Å². The third-order valence-electron chi connectivity index (χ3n) is 5.85. The van der Waals surface area contributed by atoms with E-state index in [1.54, 1.807) is 26.9 Å². The SMILES string of the molecule is Cn1ncc2ncc(C(=O)N3CCN4C(=O)OCC4(Cc4ccccc4)C3)cc21. The van der Waals surface area contributed by atoms with E-state index in [1.165, 1.54) is 0 Å². The molecule has 2 aliphatic rings. The van der Waals surface area contributed by atoms with E-state index in [0.29, 0.717) is 31.6 Å². The molecular weight excluding hydrogens is 370 g/mol. The summed E-state index contributed by atoms with van der Waals surface area (Å²) in [6.45, 7) is 1.63. The van der Waals surface area contributed by atoms with Gasteiger partial charge in [0.05, 0.1) is 17.3 Å². The molecule has 2 aliphatic heterocycles. The third kappa shape index (κ3) is 2.91. The van der Waals surface area contributed by atoms with Gasteiger partial charge in [-0.2, -0.15) is 5.10 Å². The summed E-state index contributed by atoms with van der Waals surface area (Å²) in [4.78, 5) is 33.5. The van der Waals surface area contributed by atoms with Crippen molar-refractivity contribution in [1.29, 1.82) is 0 Å². The standard InChI is InChI=1S/C21H21N5O3/c1-24-18-9-16(11-22-17(18)12-23-24)19(27)25-7-8-26-20(28)29-14-21(26,13-25)10-15-5-3-2-4-6-15/h2-6,9,11-12H,7-8,10,13-14H2,1H3. The molecule has 0 N–H and O–H groups in total. The zero-order chi connectivity index (χ0) is 20.0. The zero-order valence-electron chi connectivity index (χ0n) is 16.1. The maximum Gasteiger partial charge on any atom is 0.410 e. The fraction of sp³-hybridized carbons (Fsp3) is 0.333. The number of nitrogens with zero attached hydrogens (tertiary/aromatic N) is 5. The van der Waals surface area contributed by atoms with E-state index in [4.69, 9.17) is 4.74 Å². The summed E-state index contributed by atoms with van der Waals surface area (Å²) < 4.78 is 7.10. The van der Waals surface area contributed by atoms with Crippen molar-refractivity contribution in [1.82, 2.24) is 24.6 Å². The number of amides is 2.